The SMILES string of the molecule is COc1ccc(OC)c(C2CCCN2c2ncnc3c2cnn3C)c1. The molecule has 0 radical (unpaired) electrons. The molecule has 1 saturated heterocycles. The van der Waals surface area contributed by atoms with Crippen LogP contribution in [0.3, 0.4) is 0 Å². The van der Waals surface area contributed by atoms with Gasteiger partial charge in [0, 0.05) is 19.2 Å². The number of anilines is 1. The number of fused-ring (bicyclic) bond motifs is 1. The van der Waals surface area contributed by atoms with Crippen molar-refractivity contribution in [1.29, 1.82) is 0 Å². The van der Waals surface area contributed by atoms with Crippen LogP contribution in [0.25, 0.3) is 11.0 Å². The highest BCUT2D eigenvalue weighted by molar-refractivity contribution is 5.87. The lowest BCUT2D eigenvalue weighted by Crippen LogP contribution is -2.24. The molecule has 0 amide bonds. The van der Waals surface area contributed by atoms with E-state index in [4.69, 9.17) is 9.47 Å². The zero-order valence-corrected chi connectivity index (χ0v) is 14.6. The summed E-state index contributed by atoms with van der Waals surface area (Å²) in [6.07, 6.45) is 5.58. The smallest absolute Gasteiger partial charge is 0.163 e. The van der Waals surface area contributed by atoms with Gasteiger partial charge in [-0.2, -0.15) is 5.10 Å². The van der Waals surface area contributed by atoms with Gasteiger partial charge in [0.15, 0.2) is 5.65 Å². The van der Waals surface area contributed by atoms with Gasteiger partial charge in [-0.3, -0.25) is 4.68 Å². The van der Waals surface area contributed by atoms with Crippen molar-refractivity contribution in [2.24, 2.45) is 7.05 Å². The van der Waals surface area contributed by atoms with E-state index in [9.17, 15) is 0 Å². The van der Waals surface area contributed by atoms with Gasteiger partial charge in [-0.1, -0.05) is 0 Å². The molecular weight excluding hydrogens is 318 g/mol. The van der Waals surface area contributed by atoms with Gasteiger partial charge in [-0.15, -0.1) is 0 Å². The second-order valence-corrected chi connectivity index (χ2v) is 6.16. The molecule has 0 bridgehead atoms. The van der Waals surface area contributed by atoms with Crippen molar-refractivity contribution in [1.82, 2.24) is 19.7 Å². The Kier molecular flexibility index (Phi) is 3.91. The van der Waals surface area contributed by atoms with Crippen LogP contribution in [0.2, 0.25) is 0 Å². The van der Waals surface area contributed by atoms with Crippen molar-refractivity contribution >= 4 is 16.9 Å². The molecule has 0 aliphatic carbocycles. The highest BCUT2D eigenvalue weighted by Gasteiger charge is 2.31. The normalized spacial score (nSPS) is 17.2. The summed E-state index contributed by atoms with van der Waals surface area (Å²) in [5, 5.41) is 5.30. The number of methoxy groups -OCH3 is 2. The first-order valence-corrected chi connectivity index (χ1v) is 8.34. The molecule has 1 unspecified atom stereocenters. The van der Waals surface area contributed by atoms with E-state index in [1.807, 2.05) is 25.4 Å². The summed E-state index contributed by atoms with van der Waals surface area (Å²) in [6, 6.07) is 6.13. The molecule has 7 heteroatoms. The Morgan fingerprint density at radius 2 is 2.04 bits per heavy atom. The predicted octanol–water partition coefficient (Wildman–Crippen LogP) is 2.72. The minimum Gasteiger partial charge on any atom is -0.497 e. The van der Waals surface area contributed by atoms with Crippen LogP contribution in [0.1, 0.15) is 24.4 Å². The van der Waals surface area contributed by atoms with E-state index in [-0.39, 0.29) is 6.04 Å². The average molecular weight is 339 g/mol. The van der Waals surface area contributed by atoms with E-state index in [0.29, 0.717) is 0 Å². The molecule has 3 heterocycles. The molecule has 7 nitrogen and oxygen atoms in total. The first-order valence-electron chi connectivity index (χ1n) is 8.34. The Balaban J connectivity index is 1.81. The second kappa shape index (κ2) is 6.23. The first kappa shape index (κ1) is 15.7. The molecule has 3 aromatic rings. The van der Waals surface area contributed by atoms with Gasteiger partial charge in [0.1, 0.15) is 23.6 Å². The maximum atomic E-state index is 5.60. The molecule has 1 fully saturated rings. The van der Waals surface area contributed by atoms with Crippen molar-refractivity contribution in [3.8, 4) is 11.5 Å². The summed E-state index contributed by atoms with van der Waals surface area (Å²) in [4.78, 5) is 11.2. The lowest BCUT2D eigenvalue weighted by atomic mass is 10.0. The molecule has 0 N–H and O–H groups in total. The summed E-state index contributed by atoms with van der Waals surface area (Å²) in [6.45, 7) is 0.937. The highest BCUT2D eigenvalue weighted by atomic mass is 16.5. The number of rotatable bonds is 4. The fourth-order valence-corrected chi connectivity index (χ4v) is 3.62. The monoisotopic (exact) mass is 339 g/mol. The molecule has 1 aliphatic rings. The van der Waals surface area contributed by atoms with Crippen LogP contribution in [0.5, 0.6) is 11.5 Å². The van der Waals surface area contributed by atoms with Gasteiger partial charge < -0.3 is 14.4 Å². The van der Waals surface area contributed by atoms with Crippen LogP contribution in [0.4, 0.5) is 5.82 Å². The van der Waals surface area contributed by atoms with Crippen LogP contribution in [0, 0.1) is 0 Å². The van der Waals surface area contributed by atoms with Crippen molar-refractivity contribution in [3.05, 3.63) is 36.3 Å². The number of benzene rings is 1. The molecule has 2 aromatic heterocycles. The summed E-state index contributed by atoms with van der Waals surface area (Å²) < 4.78 is 12.8. The molecule has 4 rings (SSSR count). The van der Waals surface area contributed by atoms with Gasteiger partial charge in [0.05, 0.1) is 31.8 Å². The van der Waals surface area contributed by atoms with Gasteiger partial charge >= 0.3 is 0 Å². The molecule has 130 valence electrons. The van der Waals surface area contributed by atoms with E-state index < -0.39 is 0 Å². The minimum atomic E-state index is 0.184. The van der Waals surface area contributed by atoms with E-state index in [0.717, 1.165) is 53.3 Å². The van der Waals surface area contributed by atoms with Crippen LogP contribution < -0.4 is 14.4 Å². The summed E-state index contributed by atoms with van der Waals surface area (Å²) >= 11 is 0. The van der Waals surface area contributed by atoms with E-state index >= 15 is 0 Å². The number of ether oxygens (including phenoxy) is 2. The van der Waals surface area contributed by atoms with E-state index in [1.165, 1.54) is 0 Å². The summed E-state index contributed by atoms with van der Waals surface area (Å²) in [5.74, 6) is 2.62. The van der Waals surface area contributed by atoms with Crippen LogP contribution in [-0.4, -0.2) is 40.5 Å². The molecule has 1 atom stereocenters. The van der Waals surface area contributed by atoms with Crippen LogP contribution >= 0.6 is 0 Å². The minimum absolute atomic E-state index is 0.184. The quantitative estimate of drug-likeness (QED) is 0.728. The van der Waals surface area contributed by atoms with Crippen molar-refractivity contribution in [2.45, 2.75) is 18.9 Å². The van der Waals surface area contributed by atoms with Crippen molar-refractivity contribution < 1.29 is 9.47 Å². The largest absolute Gasteiger partial charge is 0.497 e. The van der Waals surface area contributed by atoms with Crippen molar-refractivity contribution in [2.75, 3.05) is 25.7 Å². The Labute approximate surface area is 146 Å². The Bertz CT molecular complexity index is 908. The zero-order valence-electron chi connectivity index (χ0n) is 14.6. The lowest BCUT2D eigenvalue weighted by Gasteiger charge is -2.27. The number of hydrogen-bond donors (Lipinski definition) is 0. The third-order valence-electron chi connectivity index (χ3n) is 4.83. The van der Waals surface area contributed by atoms with Gasteiger partial charge in [-0.25, -0.2) is 9.97 Å². The summed E-state index contributed by atoms with van der Waals surface area (Å²) in [7, 11) is 5.28. The second-order valence-electron chi connectivity index (χ2n) is 6.16. The Morgan fingerprint density at radius 1 is 1.16 bits per heavy atom. The number of nitrogens with zero attached hydrogens (tertiary/aromatic N) is 5. The van der Waals surface area contributed by atoms with E-state index in [2.05, 4.69) is 26.0 Å². The van der Waals surface area contributed by atoms with E-state index in [1.54, 1.807) is 25.2 Å². The average Bonchev–Trinajstić information content (AvgIpc) is 3.28. The standard InChI is InChI=1S/C18H21N5O2/c1-22-17-14(10-21-22)18(20-11-19-17)23-8-4-5-15(23)13-9-12(24-2)6-7-16(13)25-3/h6-7,9-11,15H,4-5,8H2,1-3H3. The molecule has 0 spiro atoms. The number of aryl methyl sites for hydroxylation is 1. The molecular formula is C18H21N5O2. The molecule has 25 heavy (non-hydrogen) atoms. The Morgan fingerprint density at radius 3 is 2.84 bits per heavy atom. The zero-order chi connectivity index (χ0) is 17.4. The summed E-state index contributed by atoms with van der Waals surface area (Å²) in [5.41, 5.74) is 1.96. The molecule has 1 aromatic carbocycles. The third-order valence-corrected chi connectivity index (χ3v) is 4.83. The van der Waals surface area contributed by atoms with Gasteiger partial charge in [0.25, 0.3) is 0 Å². The maximum Gasteiger partial charge on any atom is 0.163 e. The fourth-order valence-electron chi connectivity index (χ4n) is 3.62. The van der Waals surface area contributed by atoms with Gasteiger partial charge in [0.2, 0.25) is 0 Å². The Hall–Kier alpha value is -2.83. The van der Waals surface area contributed by atoms with Crippen LogP contribution in [0.15, 0.2) is 30.7 Å². The maximum absolute atomic E-state index is 5.60. The lowest BCUT2D eigenvalue weighted by molar-refractivity contribution is 0.395. The third kappa shape index (κ3) is 2.56. The first-order chi connectivity index (χ1) is 12.2. The molecule has 0 saturated carbocycles. The van der Waals surface area contributed by atoms with Crippen LogP contribution in [-0.2, 0) is 7.05 Å². The number of hydrogen-bond acceptors (Lipinski definition) is 6. The predicted molar refractivity (Wildman–Crippen MR) is 95.2 cm³/mol. The van der Waals surface area contributed by atoms with Gasteiger partial charge in [-0.05, 0) is 31.0 Å². The number of aromatic nitrogens is 4. The fraction of sp³-hybridized carbons (Fsp3) is 0.389. The topological polar surface area (TPSA) is 65.3 Å². The molecule has 1 aliphatic heterocycles. The van der Waals surface area contributed by atoms with Crippen molar-refractivity contribution in [3.63, 3.8) is 0 Å². The highest BCUT2D eigenvalue weighted by Crippen LogP contribution is 2.42.